The molecule has 1 aliphatic rings. The number of carbonyl (C=O) groups excluding carboxylic acids is 1. The number of piperidine rings is 1. The highest BCUT2D eigenvalue weighted by atomic mass is 32.2. The van der Waals surface area contributed by atoms with Crippen molar-refractivity contribution in [1.29, 1.82) is 0 Å². The predicted molar refractivity (Wildman–Crippen MR) is 112 cm³/mol. The van der Waals surface area contributed by atoms with Crippen LogP contribution in [0.15, 0.2) is 47.4 Å². The molecule has 0 unspecified atom stereocenters. The molecule has 3 aromatic rings. The smallest absolute Gasteiger partial charge is 0.338 e. The van der Waals surface area contributed by atoms with Crippen molar-refractivity contribution in [3.8, 4) is 0 Å². The van der Waals surface area contributed by atoms with Crippen LogP contribution >= 0.6 is 0 Å². The van der Waals surface area contributed by atoms with Gasteiger partial charge in [0.1, 0.15) is 17.3 Å². The van der Waals surface area contributed by atoms with Gasteiger partial charge >= 0.3 is 5.97 Å². The van der Waals surface area contributed by atoms with E-state index in [9.17, 15) is 17.6 Å². The molecule has 0 amide bonds. The molecule has 162 valence electrons. The first kappa shape index (κ1) is 21.3. The second-order valence-electron chi connectivity index (χ2n) is 7.43. The lowest BCUT2D eigenvalue weighted by atomic mass is 10.2. The molecule has 7 nitrogen and oxygen atoms in total. The summed E-state index contributed by atoms with van der Waals surface area (Å²) in [6.07, 6.45) is 2.40. The highest BCUT2D eigenvalue weighted by Gasteiger charge is 2.29. The number of para-hydroxylation sites is 2. The number of halogens is 1. The van der Waals surface area contributed by atoms with Crippen LogP contribution in [0.25, 0.3) is 11.0 Å². The van der Waals surface area contributed by atoms with Gasteiger partial charge in [0, 0.05) is 13.1 Å². The fraction of sp³-hybridized carbons (Fsp3) is 0.318. The Balaban J connectivity index is 1.54. The molecule has 0 bridgehead atoms. The highest BCUT2D eigenvalue weighted by molar-refractivity contribution is 7.89. The van der Waals surface area contributed by atoms with E-state index in [1.54, 1.807) is 6.92 Å². The lowest BCUT2D eigenvalue weighted by Gasteiger charge is -2.26. The van der Waals surface area contributed by atoms with E-state index in [-0.39, 0.29) is 12.2 Å². The number of hydrogen-bond donors (Lipinski definition) is 0. The summed E-state index contributed by atoms with van der Waals surface area (Å²) in [5.74, 6) is -1.65. The zero-order chi connectivity index (χ0) is 22.0. The standard InChI is InChI=1S/C22H22FN3O4S/c1-15-20(25-19-8-4-3-7-18(19)24-15)14-30-22(27)16-9-10-17(23)21(13-16)31(28,29)26-11-5-2-6-12-26/h3-4,7-10,13H,2,5-6,11-12,14H2,1H3. The molecule has 9 heteroatoms. The number of carbonyl (C=O) groups is 1. The van der Waals surface area contributed by atoms with E-state index in [1.807, 2.05) is 24.3 Å². The van der Waals surface area contributed by atoms with Gasteiger partial charge in [-0.1, -0.05) is 18.6 Å². The fourth-order valence-electron chi connectivity index (χ4n) is 3.55. The molecule has 1 fully saturated rings. The Morgan fingerprint density at radius 2 is 1.74 bits per heavy atom. The number of fused-ring (bicyclic) bond motifs is 1. The highest BCUT2D eigenvalue weighted by Crippen LogP contribution is 2.24. The zero-order valence-corrected chi connectivity index (χ0v) is 17.9. The van der Waals surface area contributed by atoms with Crippen molar-refractivity contribution in [2.45, 2.75) is 37.7 Å². The van der Waals surface area contributed by atoms with E-state index in [4.69, 9.17) is 4.74 Å². The van der Waals surface area contributed by atoms with E-state index in [0.717, 1.165) is 36.9 Å². The Kier molecular flexibility index (Phi) is 5.97. The third-order valence-electron chi connectivity index (χ3n) is 5.28. The average molecular weight is 444 g/mol. The molecule has 0 atom stereocenters. The quantitative estimate of drug-likeness (QED) is 0.560. The summed E-state index contributed by atoms with van der Waals surface area (Å²) >= 11 is 0. The molecule has 0 radical (unpaired) electrons. The van der Waals surface area contributed by atoms with Crippen LogP contribution in [0.5, 0.6) is 0 Å². The van der Waals surface area contributed by atoms with E-state index >= 15 is 0 Å². The largest absolute Gasteiger partial charge is 0.456 e. The molecule has 2 aromatic carbocycles. The summed E-state index contributed by atoms with van der Waals surface area (Å²) in [6.45, 7) is 2.32. The van der Waals surface area contributed by atoms with Crippen LogP contribution in [0, 0.1) is 12.7 Å². The molecular formula is C22H22FN3O4S. The Labute approximate surface area is 179 Å². The van der Waals surface area contributed by atoms with Crippen LogP contribution in [0.2, 0.25) is 0 Å². The molecule has 0 spiro atoms. The van der Waals surface area contributed by atoms with Crippen LogP contribution in [0.4, 0.5) is 4.39 Å². The molecule has 2 heterocycles. The first-order valence-electron chi connectivity index (χ1n) is 10.1. The van der Waals surface area contributed by atoms with Gasteiger partial charge in [0.2, 0.25) is 10.0 Å². The van der Waals surface area contributed by atoms with Crippen molar-refractivity contribution in [2.24, 2.45) is 0 Å². The monoisotopic (exact) mass is 443 g/mol. The maximum absolute atomic E-state index is 14.4. The lowest BCUT2D eigenvalue weighted by Crippen LogP contribution is -2.36. The maximum Gasteiger partial charge on any atom is 0.338 e. The number of nitrogens with zero attached hydrogens (tertiary/aromatic N) is 3. The maximum atomic E-state index is 14.4. The number of aromatic nitrogens is 2. The van der Waals surface area contributed by atoms with Gasteiger partial charge in [-0.05, 0) is 50.1 Å². The Bertz CT molecular complexity index is 1240. The zero-order valence-electron chi connectivity index (χ0n) is 17.0. The molecule has 1 aromatic heterocycles. The topological polar surface area (TPSA) is 89.5 Å². The molecule has 0 aliphatic carbocycles. The molecule has 0 saturated carbocycles. The van der Waals surface area contributed by atoms with Crippen molar-refractivity contribution >= 4 is 27.0 Å². The van der Waals surface area contributed by atoms with Crippen LogP contribution in [-0.4, -0.2) is 41.7 Å². The van der Waals surface area contributed by atoms with Gasteiger partial charge in [-0.3, -0.25) is 0 Å². The predicted octanol–water partition coefficient (Wildman–Crippen LogP) is 3.61. The van der Waals surface area contributed by atoms with E-state index in [2.05, 4.69) is 9.97 Å². The molecule has 31 heavy (non-hydrogen) atoms. The summed E-state index contributed by atoms with van der Waals surface area (Å²) in [5.41, 5.74) is 2.50. The van der Waals surface area contributed by atoms with Crippen LogP contribution in [0.1, 0.15) is 41.0 Å². The summed E-state index contributed by atoms with van der Waals surface area (Å²) in [5, 5.41) is 0. The van der Waals surface area contributed by atoms with Crippen LogP contribution in [0.3, 0.4) is 0 Å². The second kappa shape index (κ2) is 8.68. The SMILES string of the molecule is Cc1nc2ccccc2nc1COC(=O)c1ccc(F)c(S(=O)(=O)N2CCCCC2)c1. The van der Waals surface area contributed by atoms with Gasteiger partial charge in [-0.25, -0.2) is 27.6 Å². The normalized spacial score (nSPS) is 15.2. The number of esters is 1. The fourth-order valence-corrected chi connectivity index (χ4v) is 5.16. The molecule has 1 aliphatic heterocycles. The van der Waals surface area contributed by atoms with Gasteiger partial charge in [-0.15, -0.1) is 0 Å². The minimum absolute atomic E-state index is 0.0385. The number of benzene rings is 2. The third kappa shape index (κ3) is 4.42. The van der Waals surface area contributed by atoms with Gasteiger partial charge in [0.15, 0.2) is 0 Å². The van der Waals surface area contributed by atoms with Crippen molar-refractivity contribution < 1.29 is 22.3 Å². The molecule has 1 saturated heterocycles. The minimum atomic E-state index is -4.02. The van der Waals surface area contributed by atoms with Crippen molar-refractivity contribution in [3.05, 3.63) is 65.2 Å². The Morgan fingerprint density at radius 3 is 2.45 bits per heavy atom. The van der Waals surface area contributed by atoms with E-state index < -0.39 is 26.7 Å². The van der Waals surface area contributed by atoms with Gasteiger partial charge < -0.3 is 4.74 Å². The Hall–Kier alpha value is -2.91. The van der Waals surface area contributed by atoms with Crippen molar-refractivity contribution in [1.82, 2.24) is 14.3 Å². The third-order valence-corrected chi connectivity index (χ3v) is 7.20. The van der Waals surface area contributed by atoms with Crippen molar-refractivity contribution in [2.75, 3.05) is 13.1 Å². The summed E-state index contributed by atoms with van der Waals surface area (Å²) in [7, 11) is -4.02. The number of rotatable bonds is 5. The Morgan fingerprint density at radius 1 is 1.06 bits per heavy atom. The van der Waals surface area contributed by atoms with E-state index in [0.29, 0.717) is 30.0 Å². The van der Waals surface area contributed by atoms with Crippen LogP contribution in [-0.2, 0) is 21.4 Å². The van der Waals surface area contributed by atoms with Crippen LogP contribution < -0.4 is 0 Å². The minimum Gasteiger partial charge on any atom is -0.456 e. The molecule has 0 N–H and O–H groups in total. The summed E-state index contributed by atoms with van der Waals surface area (Å²) < 4.78 is 46.6. The number of ether oxygens (including phenoxy) is 1. The number of hydrogen-bond acceptors (Lipinski definition) is 6. The second-order valence-corrected chi connectivity index (χ2v) is 9.34. The number of sulfonamides is 1. The first-order valence-corrected chi connectivity index (χ1v) is 11.5. The van der Waals surface area contributed by atoms with Gasteiger partial charge in [0.05, 0.1) is 28.0 Å². The summed E-state index contributed by atoms with van der Waals surface area (Å²) in [6, 6.07) is 10.6. The average Bonchev–Trinajstić information content (AvgIpc) is 2.78. The summed E-state index contributed by atoms with van der Waals surface area (Å²) in [4.78, 5) is 21.0. The van der Waals surface area contributed by atoms with Gasteiger partial charge in [0.25, 0.3) is 0 Å². The van der Waals surface area contributed by atoms with E-state index in [1.165, 1.54) is 10.4 Å². The number of aryl methyl sites for hydroxylation is 1. The molecular weight excluding hydrogens is 421 g/mol. The lowest BCUT2D eigenvalue weighted by molar-refractivity contribution is 0.0466. The molecule has 4 rings (SSSR count). The van der Waals surface area contributed by atoms with Gasteiger partial charge in [-0.2, -0.15) is 4.31 Å². The van der Waals surface area contributed by atoms with Crippen molar-refractivity contribution in [3.63, 3.8) is 0 Å². The first-order chi connectivity index (χ1) is 14.9.